The first-order valence-corrected chi connectivity index (χ1v) is 5.94. The van der Waals surface area contributed by atoms with Crippen LogP contribution in [0, 0.1) is 11.3 Å². The van der Waals surface area contributed by atoms with Crippen molar-refractivity contribution in [3.63, 3.8) is 0 Å². The van der Waals surface area contributed by atoms with E-state index in [1.807, 2.05) is 0 Å². The molecule has 3 N–H and O–H groups in total. The SMILES string of the molecule is CC(C)(C)C1CCCCC1NC(=O)CN.Cl. The summed E-state index contributed by atoms with van der Waals surface area (Å²) in [7, 11) is 0. The van der Waals surface area contributed by atoms with Crippen molar-refractivity contribution in [2.75, 3.05) is 6.54 Å². The van der Waals surface area contributed by atoms with Crippen LogP contribution in [-0.2, 0) is 4.79 Å². The van der Waals surface area contributed by atoms with E-state index in [1.54, 1.807) is 0 Å². The molecule has 1 aliphatic carbocycles. The second-order valence-corrected chi connectivity index (χ2v) is 5.64. The van der Waals surface area contributed by atoms with Gasteiger partial charge in [-0.1, -0.05) is 33.6 Å². The minimum absolute atomic E-state index is 0. The summed E-state index contributed by atoms with van der Waals surface area (Å²) < 4.78 is 0. The van der Waals surface area contributed by atoms with Crippen LogP contribution in [0.2, 0.25) is 0 Å². The zero-order valence-electron chi connectivity index (χ0n) is 10.6. The van der Waals surface area contributed by atoms with Gasteiger partial charge in [-0.05, 0) is 24.2 Å². The van der Waals surface area contributed by atoms with Gasteiger partial charge in [0, 0.05) is 6.04 Å². The lowest BCUT2D eigenvalue weighted by Gasteiger charge is -2.40. The number of rotatable bonds is 2. The van der Waals surface area contributed by atoms with Crippen molar-refractivity contribution in [1.29, 1.82) is 0 Å². The molecule has 0 aliphatic heterocycles. The summed E-state index contributed by atoms with van der Waals surface area (Å²) in [4.78, 5) is 11.3. The van der Waals surface area contributed by atoms with E-state index in [2.05, 4.69) is 26.1 Å². The molecule has 0 aromatic rings. The van der Waals surface area contributed by atoms with Crippen LogP contribution in [0.4, 0.5) is 0 Å². The maximum Gasteiger partial charge on any atom is 0.233 e. The summed E-state index contributed by atoms with van der Waals surface area (Å²) in [5, 5.41) is 3.06. The van der Waals surface area contributed by atoms with Gasteiger partial charge < -0.3 is 11.1 Å². The van der Waals surface area contributed by atoms with Gasteiger partial charge in [-0.15, -0.1) is 12.4 Å². The van der Waals surface area contributed by atoms with Gasteiger partial charge in [0.1, 0.15) is 0 Å². The van der Waals surface area contributed by atoms with E-state index < -0.39 is 0 Å². The van der Waals surface area contributed by atoms with E-state index in [0.29, 0.717) is 12.0 Å². The van der Waals surface area contributed by atoms with Crippen molar-refractivity contribution in [2.45, 2.75) is 52.5 Å². The molecule has 1 fully saturated rings. The summed E-state index contributed by atoms with van der Waals surface area (Å²) >= 11 is 0. The lowest BCUT2D eigenvalue weighted by molar-refractivity contribution is -0.121. The third-order valence-corrected chi connectivity index (χ3v) is 3.41. The molecule has 0 bridgehead atoms. The number of nitrogens with two attached hydrogens (primary N) is 1. The summed E-state index contributed by atoms with van der Waals surface area (Å²) in [6.07, 6.45) is 4.84. The third-order valence-electron chi connectivity index (χ3n) is 3.41. The standard InChI is InChI=1S/C12H24N2O.ClH/c1-12(2,3)9-6-4-5-7-10(9)14-11(15)8-13;/h9-10H,4-8,13H2,1-3H3,(H,14,15);1H. The smallest absolute Gasteiger partial charge is 0.233 e. The molecule has 1 rings (SSSR count). The molecule has 0 aromatic heterocycles. The molecule has 96 valence electrons. The second-order valence-electron chi connectivity index (χ2n) is 5.64. The highest BCUT2D eigenvalue weighted by molar-refractivity contribution is 5.85. The molecule has 3 nitrogen and oxygen atoms in total. The van der Waals surface area contributed by atoms with Crippen molar-refractivity contribution in [3.8, 4) is 0 Å². The molecular weight excluding hydrogens is 224 g/mol. The number of carbonyl (C=O) groups excluding carboxylic acids is 1. The Bertz CT molecular complexity index is 226. The van der Waals surface area contributed by atoms with Crippen LogP contribution in [0.25, 0.3) is 0 Å². The first-order chi connectivity index (χ1) is 6.95. The van der Waals surface area contributed by atoms with Crippen molar-refractivity contribution in [2.24, 2.45) is 17.1 Å². The third kappa shape index (κ3) is 4.30. The first kappa shape index (κ1) is 15.7. The fourth-order valence-electron chi connectivity index (χ4n) is 2.61. The molecule has 0 saturated heterocycles. The monoisotopic (exact) mass is 248 g/mol. The van der Waals surface area contributed by atoms with Crippen LogP contribution >= 0.6 is 12.4 Å². The average Bonchev–Trinajstić information content (AvgIpc) is 2.17. The Labute approximate surface area is 105 Å². The van der Waals surface area contributed by atoms with Crippen molar-refractivity contribution in [3.05, 3.63) is 0 Å². The Morgan fingerprint density at radius 2 is 1.88 bits per heavy atom. The maximum absolute atomic E-state index is 11.3. The van der Waals surface area contributed by atoms with Gasteiger partial charge in [0.15, 0.2) is 0 Å². The number of hydrogen-bond acceptors (Lipinski definition) is 2. The summed E-state index contributed by atoms with van der Waals surface area (Å²) in [6, 6.07) is 0.329. The largest absolute Gasteiger partial charge is 0.352 e. The highest BCUT2D eigenvalue weighted by atomic mass is 35.5. The van der Waals surface area contributed by atoms with Crippen LogP contribution in [0.1, 0.15) is 46.5 Å². The quantitative estimate of drug-likeness (QED) is 0.786. The van der Waals surface area contributed by atoms with E-state index in [0.717, 1.165) is 6.42 Å². The summed E-state index contributed by atoms with van der Waals surface area (Å²) in [5.41, 5.74) is 5.60. The summed E-state index contributed by atoms with van der Waals surface area (Å²) in [6.45, 7) is 6.87. The molecule has 0 radical (unpaired) electrons. The van der Waals surface area contributed by atoms with Crippen LogP contribution < -0.4 is 11.1 Å². The minimum atomic E-state index is -0.0175. The van der Waals surface area contributed by atoms with Gasteiger partial charge in [0.2, 0.25) is 5.91 Å². The Morgan fingerprint density at radius 1 is 1.31 bits per heavy atom. The number of hydrogen-bond donors (Lipinski definition) is 2. The maximum atomic E-state index is 11.3. The van der Waals surface area contributed by atoms with Gasteiger partial charge in [-0.3, -0.25) is 4.79 Å². The van der Waals surface area contributed by atoms with Gasteiger partial charge in [-0.2, -0.15) is 0 Å². The van der Waals surface area contributed by atoms with Gasteiger partial charge in [-0.25, -0.2) is 0 Å². The molecule has 16 heavy (non-hydrogen) atoms. The molecule has 0 spiro atoms. The van der Waals surface area contributed by atoms with Gasteiger partial charge >= 0.3 is 0 Å². The second kappa shape index (κ2) is 6.45. The molecule has 1 amide bonds. The van der Waals surface area contributed by atoms with Crippen LogP contribution in [0.5, 0.6) is 0 Å². The lowest BCUT2D eigenvalue weighted by Crippen LogP contribution is -2.48. The molecule has 0 heterocycles. The van der Waals surface area contributed by atoms with E-state index in [9.17, 15) is 4.79 Å². The predicted octanol–water partition coefficient (Wildman–Crippen LogP) is 2.09. The number of halogens is 1. The molecular formula is C12H25ClN2O. The Balaban J connectivity index is 0.00000225. The van der Waals surface area contributed by atoms with Crippen LogP contribution in [-0.4, -0.2) is 18.5 Å². The normalized spacial score (nSPS) is 25.8. The van der Waals surface area contributed by atoms with Crippen molar-refractivity contribution < 1.29 is 4.79 Å². The number of amides is 1. The zero-order valence-corrected chi connectivity index (χ0v) is 11.4. The molecule has 4 heteroatoms. The molecule has 0 aromatic carbocycles. The Kier molecular flexibility index (Phi) is 6.34. The van der Waals surface area contributed by atoms with E-state index in [4.69, 9.17) is 5.73 Å². The molecule has 1 saturated carbocycles. The number of nitrogens with one attached hydrogen (secondary N) is 1. The zero-order chi connectivity index (χ0) is 11.5. The molecule has 1 aliphatic rings. The topological polar surface area (TPSA) is 55.1 Å². The lowest BCUT2D eigenvalue weighted by atomic mass is 9.69. The van der Waals surface area contributed by atoms with Gasteiger partial charge in [0.25, 0.3) is 0 Å². The molecule has 2 atom stereocenters. The number of carbonyl (C=O) groups is 1. The fourth-order valence-corrected chi connectivity index (χ4v) is 2.61. The van der Waals surface area contributed by atoms with E-state index in [1.165, 1.54) is 19.3 Å². The first-order valence-electron chi connectivity index (χ1n) is 5.94. The van der Waals surface area contributed by atoms with Gasteiger partial charge in [0.05, 0.1) is 6.54 Å². The van der Waals surface area contributed by atoms with Crippen molar-refractivity contribution >= 4 is 18.3 Å². The van der Waals surface area contributed by atoms with Crippen LogP contribution in [0.15, 0.2) is 0 Å². The fraction of sp³-hybridized carbons (Fsp3) is 0.917. The van der Waals surface area contributed by atoms with E-state index >= 15 is 0 Å². The van der Waals surface area contributed by atoms with Crippen LogP contribution in [0.3, 0.4) is 0 Å². The highest BCUT2D eigenvalue weighted by Gasteiger charge is 2.34. The van der Waals surface area contributed by atoms with Crippen molar-refractivity contribution in [1.82, 2.24) is 5.32 Å². The molecule has 2 unspecified atom stereocenters. The predicted molar refractivity (Wildman–Crippen MR) is 69.6 cm³/mol. The van der Waals surface area contributed by atoms with E-state index in [-0.39, 0.29) is 30.3 Å². The Morgan fingerprint density at radius 3 is 2.38 bits per heavy atom. The minimum Gasteiger partial charge on any atom is -0.352 e. The average molecular weight is 249 g/mol. The highest BCUT2D eigenvalue weighted by Crippen LogP contribution is 2.37. The Hall–Kier alpha value is -0.280. The summed E-state index contributed by atoms with van der Waals surface area (Å²) in [5.74, 6) is 0.567.